The fourth-order valence-electron chi connectivity index (χ4n) is 2.16. The largest absolute Gasteiger partial charge is 0.325 e. The van der Waals surface area contributed by atoms with E-state index in [0.717, 1.165) is 11.3 Å². The molecule has 6 nitrogen and oxygen atoms in total. The molecule has 0 aliphatic carbocycles. The van der Waals surface area contributed by atoms with Crippen molar-refractivity contribution in [1.29, 1.82) is 0 Å². The van der Waals surface area contributed by atoms with E-state index >= 15 is 0 Å². The van der Waals surface area contributed by atoms with Crippen LogP contribution in [0.15, 0.2) is 36.5 Å². The van der Waals surface area contributed by atoms with E-state index in [-0.39, 0.29) is 5.75 Å². The zero-order valence-electron chi connectivity index (χ0n) is 14.0. The summed E-state index contributed by atoms with van der Waals surface area (Å²) in [5, 5.41) is 1.57. The van der Waals surface area contributed by atoms with E-state index in [2.05, 4.69) is 15.3 Å². The van der Waals surface area contributed by atoms with Crippen LogP contribution < -0.4 is 5.32 Å². The average molecular weight is 347 g/mol. The van der Waals surface area contributed by atoms with Gasteiger partial charge in [0, 0.05) is 23.1 Å². The molecule has 0 bridgehead atoms. The van der Waals surface area contributed by atoms with Gasteiger partial charge in [0.25, 0.3) is 0 Å². The number of nitrogens with one attached hydrogen (secondary N) is 1. The predicted molar refractivity (Wildman–Crippen MR) is 94.4 cm³/mol. The Balaban J connectivity index is 2.10. The number of hydrogen-bond donors (Lipinski definition) is 1. The number of nitrogens with zero attached hydrogens (tertiary/aromatic N) is 2. The number of sulfone groups is 1. The standard InChI is InChI=1S/C17H21N3O3S/c1-4-11-24(22,23)13(3)17(21)20-15-7-5-14(6-8-15)16-18-10-9-12(2)19-16/h5-10,13H,4,11H2,1-3H3,(H,20,21)/t13-/m1/s1. The molecule has 0 unspecified atom stereocenters. The number of carbonyl (C=O) groups excluding carboxylic acids is 1. The highest BCUT2D eigenvalue weighted by atomic mass is 32.2. The van der Waals surface area contributed by atoms with E-state index in [9.17, 15) is 13.2 Å². The molecule has 0 saturated heterocycles. The van der Waals surface area contributed by atoms with Crippen molar-refractivity contribution in [2.24, 2.45) is 0 Å². The molecule has 1 N–H and O–H groups in total. The number of anilines is 1. The second kappa shape index (κ2) is 7.53. The lowest BCUT2D eigenvalue weighted by Gasteiger charge is -2.13. The molecule has 0 radical (unpaired) electrons. The molecule has 0 saturated carbocycles. The van der Waals surface area contributed by atoms with Crippen LogP contribution in [0.2, 0.25) is 0 Å². The van der Waals surface area contributed by atoms with E-state index < -0.39 is 21.0 Å². The summed E-state index contributed by atoms with van der Waals surface area (Å²) < 4.78 is 23.9. The smallest absolute Gasteiger partial charge is 0.242 e. The van der Waals surface area contributed by atoms with Gasteiger partial charge < -0.3 is 5.32 Å². The summed E-state index contributed by atoms with van der Waals surface area (Å²) in [6, 6.07) is 8.80. The maximum absolute atomic E-state index is 12.1. The van der Waals surface area contributed by atoms with Gasteiger partial charge in [0.05, 0.1) is 5.75 Å². The van der Waals surface area contributed by atoms with Crippen LogP contribution in [0.3, 0.4) is 0 Å². The summed E-state index contributed by atoms with van der Waals surface area (Å²) >= 11 is 0. The fraction of sp³-hybridized carbons (Fsp3) is 0.353. The number of carbonyl (C=O) groups is 1. The molecule has 1 heterocycles. The van der Waals surface area contributed by atoms with Crippen LogP contribution in [-0.2, 0) is 14.6 Å². The molecule has 128 valence electrons. The van der Waals surface area contributed by atoms with E-state index in [1.165, 1.54) is 6.92 Å². The topological polar surface area (TPSA) is 89.0 Å². The molecule has 1 amide bonds. The molecule has 0 aliphatic heterocycles. The van der Waals surface area contributed by atoms with Crippen molar-refractivity contribution in [3.05, 3.63) is 42.2 Å². The number of rotatable bonds is 6. The van der Waals surface area contributed by atoms with Crippen LogP contribution in [-0.4, -0.2) is 35.3 Å². The molecule has 2 aromatic rings. The normalized spacial score (nSPS) is 12.6. The number of amides is 1. The minimum Gasteiger partial charge on any atom is -0.325 e. The Morgan fingerprint density at radius 2 is 1.88 bits per heavy atom. The van der Waals surface area contributed by atoms with Gasteiger partial charge in [0.1, 0.15) is 5.25 Å². The van der Waals surface area contributed by atoms with Gasteiger partial charge in [-0.1, -0.05) is 6.92 Å². The Morgan fingerprint density at radius 1 is 1.21 bits per heavy atom. The molecule has 0 aliphatic rings. The molecular formula is C17H21N3O3S. The van der Waals surface area contributed by atoms with E-state index in [1.807, 2.05) is 13.0 Å². The first kappa shape index (κ1) is 18.1. The van der Waals surface area contributed by atoms with Gasteiger partial charge in [0.15, 0.2) is 15.7 Å². The van der Waals surface area contributed by atoms with Gasteiger partial charge in [-0.25, -0.2) is 18.4 Å². The Bertz CT molecular complexity index is 817. The summed E-state index contributed by atoms with van der Waals surface area (Å²) in [6.45, 7) is 5.07. The van der Waals surface area contributed by atoms with Crippen LogP contribution in [0.4, 0.5) is 5.69 Å². The maximum Gasteiger partial charge on any atom is 0.242 e. The Kier molecular flexibility index (Phi) is 5.66. The summed E-state index contributed by atoms with van der Waals surface area (Å²) in [5.41, 5.74) is 2.23. The highest BCUT2D eigenvalue weighted by Gasteiger charge is 2.27. The van der Waals surface area contributed by atoms with E-state index in [4.69, 9.17) is 0 Å². The summed E-state index contributed by atoms with van der Waals surface area (Å²) in [6.07, 6.45) is 2.18. The molecular weight excluding hydrogens is 326 g/mol. The lowest BCUT2D eigenvalue weighted by atomic mass is 10.2. The van der Waals surface area contributed by atoms with E-state index in [1.54, 1.807) is 37.4 Å². The fourth-order valence-corrected chi connectivity index (χ4v) is 3.47. The van der Waals surface area contributed by atoms with Gasteiger partial charge in [0.2, 0.25) is 5.91 Å². The number of hydrogen-bond acceptors (Lipinski definition) is 5. The van der Waals surface area contributed by atoms with E-state index in [0.29, 0.717) is 17.9 Å². The number of aromatic nitrogens is 2. The monoisotopic (exact) mass is 347 g/mol. The lowest BCUT2D eigenvalue weighted by molar-refractivity contribution is -0.115. The van der Waals surface area contributed by atoms with Crippen molar-refractivity contribution in [3.8, 4) is 11.4 Å². The Labute approximate surface area is 142 Å². The first-order valence-electron chi connectivity index (χ1n) is 7.76. The first-order valence-corrected chi connectivity index (χ1v) is 9.47. The van der Waals surface area contributed by atoms with Crippen molar-refractivity contribution in [3.63, 3.8) is 0 Å². The van der Waals surface area contributed by atoms with Crippen molar-refractivity contribution in [2.75, 3.05) is 11.1 Å². The van der Waals surface area contributed by atoms with Crippen molar-refractivity contribution >= 4 is 21.4 Å². The summed E-state index contributed by atoms with van der Waals surface area (Å²) in [4.78, 5) is 20.7. The lowest BCUT2D eigenvalue weighted by Crippen LogP contribution is -2.34. The number of benzene rings is 1. The molecule has 1 aromatic carbocycles. The van der Waals surface area contributed by atoms with Crippen molar-refractivity contribution in [1.82, 2.24) is 9.97 Å². The van der Waals surface area contributed by atoms with Crippen LogP contribution in [0.25, 0.3) is 11.4 Å². The third-order valence-corrected chi connectivity index (χ3v) is 5.87. The zero-order valence-corrected chi connectivity index (χ0v) is 14.8. The molecule has 7 heteroatoms. The predicted octanol–water partition coefficient (Wildman–Crippen LogP) is 2.60. The van der Waals surface area contributed by atoms with Crippen molar-refractivity contribution < 1.29 is 13.2 Å². The minimum absolute atomic E-state index is 0.00518. The van der Waals surface area contributed by atoms with Crippen LogP contribution >= 0.6 is 0 Å². The van der Waals surface area contributed by atoms with Gasteiger partial charge >= 0.3 is 0 Å². The molecule has 0 fully saturated rings. The maximum atomic E-state index is 12.1. The SMILES string of the molecule is CCCS(=O)(=O)[C@H](C)C(=O)Nc1ccc(-c2nccc(C)n2)cc1. The van der Waals surface area contributed by atoms with Gasteiger partial charge in [-0.15, -0.1) is 0 Å². The average Bonchev–Trinajstić information content (AvgIpc) is 2.54. The molecule has 24 heavy (non-hydrogen) atoms. The highest BCUT2D eigenvalue weighted by molar-refractivity contribution is 7.92. The molecule has 2 rings (SSSR count). The third-order valence-electron chi connectivity index (χ3n) is 3.60. The van der Waals surface area contributed by atoms with Crippen LogP contribution in [0, 0.1) is 6.92 Å². The van der Waals surface area contributed by atoms with Crippen LogP contribution in [0.1, 0.15) is 26.0 Å². The third kappa shape index (κ3) is 4.38. The molecule has 1 aromatic heterocycles. The number of aryl methyl sites for hydroxylation is 1. The minimum atomic E-state index is -3.42. The highest BCUT2D eigenvalue weighted by Crippen LogP contribution is 2.18. The zero-order chi connectivity index (χ0) is 17.7. The quantitative estimate of drug-likeness (QED) is 0.867. The van der Waals surface area contributed by atoms with Gasteiger partial charge in [-0.3, -0.25) is 4.79 Å². The Hall–Kier alpha value is -2.28. The second-order valence-electron chi connectivity index (χ2n) is 5.60. The second-order valence-corrected chi connectivity index (χ2v) is 8.04. The van der Waals surface area contributed by atoms with Gasteiger partial charge in [-0.05, 0) is 50.6 Å². The Morgan fingerprint density at radius 3 is 2.46 bits per heavy atom. The summed E-state index contributed by atoms with van der Waals surface area (Å²) in [7, 11) is -3.42. The molecule has 0 spiro atoms. The molecule has 1 atom stereocenters. The summed E-state index contributed by atoms with van der Waals surface area (Å²) in [5.74, 6) is 0.0837. The first-order chi connectivity index (χ1) is 11.3. The van der Waals surface area contributed by atoms with Crippen LogP contribution in [0.5, 0.6) is 0 Å². The van der Waals surface area contributed by atoms with Gasteiger partial charge in [-0.2, -0.15) is 0 Å². The van der Waals surface area contributed by atoms with Crippen molar-refractivity contribution in [2.45, 2.75) is 32.4 Å².